The van der Waals surface area contributed by atoms with Crippen molar-refractivity contribution in [2.24, 2.45) is 0 Å². The van der Waals surface area contributed by atoms with E-state index in [2.05, 4.69) is 21.8 Å². The number of alkyl halides is 3. The number of fused-ring (bicyclic) bond motifs is 1. The zero-order chi connectivity index (χ0) is 31.8. The molecule has 5 rings (SSSR count). The van der Waals surface area contributed by atoms with Gasteiger partial charge in [0.2, 0.25) is 0 Å². The predicted molar refractivity (Wildman–Crippen MR) is 158 cm³/mol. The number of nitrogens with two attached hydrogens (primary N) is 1. The number of likely N-dealkylation sites (tertiary alicyclic amines) is 1. The summed E-state index contributed by atoms with van der Waals surface area (Å²) >= 11 is 0. The molecule has 2 atom stereocenters. The Morgan fingerprint density at radius 2 is 1.86 bits per heavy atom. The number of nitrogen functional groups attached to an aromatic ring is 1. The summed E-state index contributed by atoms with van der Waals surface area (Å²) in [5.41, 5.74) is 8.29. The molecule has 1 amide bonds. The lowest BCUT2D eigenvalue weighted by atomic mass is 9.96. The van der Waals surface area contributed by atoms with Crippen LogP contribution in [0.25, 0.3) is 11.0 Å². The molecule has 1 aliphatic rings. The third-order valence-electron chi connectivity index (χ3n) is 7.78. The second kappa shape index (κ2) is 12.1. The molecule has 0 aliphatic carbocycles. The van der Waals surface area contributed by atoms with E-state index in [0.29, 0.717) is 40.9 Å². The highest BCUT2D eigenvalue weighted by molar-refractivity contribution is 5.98. The van der Waals surface area contributed by atoms with Crippen LogP contribution in [0, 0.1) is 25.7 Å². The van der Waals surface area contributed by atoms with Gasteiger partial charge in [0.05, 0.1) is 17.0 Å². The van der Waals surface area contributed by atoms with Gasteiger partial charge in [0, 0.05) is 30.6 Å². The number of rotatable bonds is 5. The average molecular weight is 605 g/mol. The normalized spacial score (nSPS) is 16.0. The Kier molecular flexibility index (Phi) is 8.43. The molecule has 0 saturated carbocycles. The number of benzene rings is 2. The largest absolute Gasteiger partial charge is 0.416 e. The fourth-order valence-corrected chi connectivity index (χ4v) is 5.38. The molecule has 1 saturated heterocycles. The van der Waals surface area contributed by atoms with Crippen LogP contribution in [0.1, 0.15) is 69.7 Å². The van der Waals surface area contributed by atoms with Crippen molar-refractivity contribution in [3.63, 3.8) is 0 Å². The Balaban J connectivity index is 1.44. The molecule has 12 heteroatoms. The summed E-state index contributed by atoms with van der Waals surface area (Å²) in [4.78, 5) is 35.5. The Morgan fingerprint density at radius 1 is 1.11 bits per heavy atom. The molecule has 2 aromatic carbocycles. The van der Waals surface area contributed by atoms with Crippen LogP contribution in [0.4, 0.5) is 19.0 Å². The summed E-state index contributed by atoms with van der Waals surface area (Å²) in [5.74, 6) is 5.58. The molecule has 0 bridgehead atoms. The van der Waals surface area contributed by atoms with Crippen LogP contribution in [-0.4, -0.2) is 60.6 Å². The van der Waals surface area contributed by atoms with E-state index in [-0.39, 0.29) is 35.3 Å². The lowest BCUT2D eigenvalue weighted by molar-refractivity contribution is -0.141. The molecule has 44 heavy (non-hydrogen) atoms. The fraction of sp³-hybridized carbons (Fsp3) is 0.344. The van der Waals surface area contributed by atoms with Crippen LogP contribution in [-0.2, 0) is 17.4 Å². The van der Waals surface area contributed by atoms with Crippen LogP contribution >= 0.6 is 0 Å². The molecule has 1 fully saturated rings. The van der Waals surface area contributed by atoms with Gasteiger partial charge in [0.25, 0.3) is 5.91 Å². The Labute approximate surface area is 251 Å². The second-order valence-corrected chi connectivity index (χ2v) is 11.0. The van der Waals surface area contributed by atoms with Gasteiger partial charge >= 0.3 is 6.18 Å². The maximum atomic E-state index is 13.4. The Hall–Kier alpha value is -4.76. The number of anilines is 1. The van der Waals surface area contributed by atoms with Gasteiger partial charge < -0.3 is 15.7 Å². The van der Waals surface area contributed by atoms with Crippen molar-refractivity contribution in [3.05, 3.63) is 81.8 Å². The van der Waals surface area contributed by atoms with Crippen molar-refractivity contribution in [1.82, 2.24) is 24.6 Å². The van der Waals surface area contributed by atoms with Crippen LogP contribution in [0.2, 0.25) is 0 Å². The standard InChI is InChI=1S/C32H31F3N6O3/c1-18-6-8-21(14-27(43)23-9-7-19(2)25(15-23)32(33,34)35)13-22(18)10-11-26-28-29(36)37-17-38-30(28)41(39-26)24-5-4-12-40(16-24)31(44)20(3)42/h6-9,13,15,17,20,24,42H,4-5,12,14,16H2,1-3H3,(H2,36,37,38)/t20-,24?/m1/s1. The van der Waals surface area contributed by atoms with Gasteiger partial charge in [-0.15, -0.1) is 0 Å². The number of piperidine rings is 1. The number of aliphatic hydroxyl groups excluding tert-OH is 1. The molecule has 9 nitrogen and oxygen atoms in total. The number of carbonyl (C=O) groups is 2. The van der Waals surface area contributed by atoms with Gasteiger partial charge in [0.1, 0.15) is 23.9 Å². The first kappa shape index (κ1) is 30.7. The molecule has 1 unspecified atom stereocenters. The number of nitrogens with zero attached hydrogens (tertiary/aromatic N) is 5. The van der Waals surface area contributed by atoms with Crippen molar-refractivity contribution in [1.29, 1.82) is 0 Å². The third kappa shape index (κ3) is 6.28. The number of amides is 1. The molecule has 1 aliphatic heterocycles. The van der Waals surface area contributed by atoms with Crippen LogP contribution in [0.5, 0.6) is 0 Å². The zero-order valence-corrected chi connectivity index (χ0v) is 24.4. The van der Waals surface area contributed by atoms with E-state index in [1.807, 2.05) is 6.92 Å². The van der Waals surface area contributed by atoms with E-state index in [1.165, 1.54) is 32.3 Å². The van der Waals surface area contributed by atoms with Gasteiger partial charge in [-0.05, 0) is 68.4 Å². The highest BCUT2D eigenvalue weighted by atomic mass is 19.4. The molecule has 3 N–H and O–H groups in total. The van der Waals surface area contributed by atoms with Crippen molar-refractivity contribution < 1.29 is 27.9 Å². The maximum Gasteiger partial charge on any atom is 0.416 e. The number of hydrogen-bond acceptors (Lipinski definition) is 7. The average Bonchev–Trinajstić information content (AvgIpc) is 3.36. The smallest absolute Gasteiger partial charge is 0.384 e. The van der Waals surface area contributed by atoms with Crippen molar-refractivity contribution in [2.45, 2.75) is 58.4 Å². The number of hydrogen-bond donors (Lipinski definition) is 2. The molecule has 0 spiro atoms. The van der Waals surface area contributed by atoms with Crippen molar-refractivity contribution >= 4 is 28.5 Å². The monoisotopic (exact) mass is 604 g/mol. The summed E-state index contributed by atoms with van der Waals surface area (Å²) < 4.78 is 41.8. The second-order valence-electron chi connectivity index (χ2n) is 11.0. The van der Waals surface area contributed by atoms with Crippen LogP contribution in [0.15, 0.2) is 42.7 Å². The lowest BCUT2D eigenvalue weighted by Crippen LogP contribution is -2.44. The SMILES string of the molecule is Cc1ccc(CC(=O)c2ccc(C)c(C(F)(F)F)c2)cc1C#Cc1nn(C2CCCN(C(=O)[C@@H](C)O)C2)c2ncnc(N)c12. The fourth-order valence-electron chi connectivity index (χ4n) is 5.38. The summed E-state index contributed by atoms with van der Waals surface area (Å²) in [6, 6.07) is 8.67. The molecule has 0 radical (unpaired) electrons. The van der Waals surface area contributed by atoms with Gasteiger partial charge in [-0.2, -0.15) is 18.3 Å². The van der Waals surface area contributed by atoms with Crippen molar-refractivity contribution in [2.75, 3.05) is 18.8 Å². The predicted octanol–water partition coefficient (Wildman–Crippen LogP) is 4.41. The van der Waals surface area contributed by atoms with E-state index in [0.717, 1.165) is 24.5 Å². The summed E-state index contributed by atoms with van der Waals surface area (Å²) in [6.07, 6.45) is -2.97. The minimum Gasteiger partial charge on any atom is -0.384 e. The lowest BCUT2D eigenvalue weighted by Gasteiger charge is -2.33. The van der Waals surface area contributed by atoms with Gasteiger partial charge in [-0.25, -0.2) is 14.6 Å². The third-order valence-corrected chi connectivity index (χ3v) is 7.78. The van der Waals surface area contributed by atoms with Crippen LogP contribution in [0.3, 0.4) is 0 Å². The maximum absolute atomic E-state index is 13.4. The van der Waals surface area contributed by atoms with Gasteiger partial charge in [-0.3, -0.25) is 9.59 Å². The van der Waals surface area contributed by atoms with Crippen molar-refractivity contribution in [3.8, 4) is 11.8 Å². The highest BCUT2D eigenvalue weighted by Gasteiger charge is 2.33. The zero-order valence-electron chi connectivity index (χ0n) is 24.4. The number of aromatic nitrogens is 4. The summed E-state index contributed by atoms with van der Waals surface area (Å²) in [5, 5.41) is 15.0. The molecular weight excluding hydrogens is 573 g/mol. The molecule has 2 aromatic heterocycles. The minimum absolute atomic E-state index is 0.0138. The van der Waals surface area contributed by atoms with E-state index in [4.69, 9.17) is 10.8 Å². The number of carbonyl (C=O) groups excluding carboxylic acids is 2. The molecule has 4 aromatic rings. The minimum atomic E-state index is -4.55. The molecular formula is C32H31F3N6O3. The van der Waals surface area contributed by atoms with E-state index in [1.54, 1.807) is 27.8 Å². The first-order valence-corrected chi connectivity index (χ1v) is 14.1. The number of Topliss-reactive ketones (excluding diaryl/α,β-unsaturated/α-hetero) is 1. The molecule has 3 heterocycles. The summed E-state index contributed by atoms with van der Waals surface area (Å²) in [6.45, 7) is 5.54. The number of aryl methyl sites for hydroxylation is 2. The number of aliphatic hydroxyl groups is 1. The topological polar surface area (TPSA) is 127 Å². The first-order valence-electron chi connectivity index (χ1n) is 14.1. The quantitative estimate of drug-likeness (QED) is 0.255. The van der Waals surface area contributed by atoms with E-state index in [9.17, 15) is 27.9 Å². The molecule has 228 valence electrons. The first-order chi connectivity index (χ1) is 20.8. The number of ketones is 1. The van der Waals surface area contributed by atoms with Crippen LogP contribution < -0.4 is 5.73 Å². The van der Waals surface area contributed by atoms with Gasteiger partial charge in [-0.1, -0.05) is 30.2 Å². The Bertz CT molecular complexity index is 1820. The van der Waals surface area contributed by atoms with E-state index >= 15 is 0 Å². The Morgan fingerprint density at radius 3 is 2.59 bits per heavy atom. The van der Waals surface area contributed by atoms with Gasteiger partial charge in [0.15, 0.2) is 11.4 Å². The van der Waals surface area contributed by atoms with E-state index < -0.39 is 23.6 Å². The summed E-state index contributed by atoms with van der Waals surface area (Å²) in [7, 11) is 0. The number of halogens is 3. The highest BCUT2D eigenvalue weighted by Crippen LogP contribution is 2.33.